The monoisotopic (exact) mass is 357 g/mol. The molecule has 0 aromatic heterocycles. The number of benzene rings is 1. The maximum absolute atomic E-state index is 12.2. The van der Waals surface area contributed by atoms with Gasteiger partial charge in [-0.25, -0.2) is 0 Å². The minimum atomic E-state index is -0.406. The largest absolute Gasteiger partial charge is 0.493 e. The van der Waals surface area contributed by atoms with Crippen molar-refractivity contribution in [2.75, 3.05) is 19.7 Å². The Morgan fingerprint density at radius 1 is 1.25 bits per heavy atom. The fourth-order valence-corrected chi connectivity index (χ4v) is 1.97. The van der Waals surface area contributed by atoms with Gasteiger partial charge in [0.15, 0.2) is 0 Å². The fourth-order valence-electron chi connectivity index (χ4n) is 1.97. The van der Waals surface area contributed by atoms with Gasteiger partial charge in [-0.1, -0.05) is 12.1 Å². The Balaban J connectivity index is 0.00000529. The van der Waals surface area contributed by atoms with Gasteiger partial charge in [-0.3, -0.25) is 9.59 Å². The SMILES string of the molecule is CCOc1ccccc1C(=O)NCCCC(=O)NC(C)(C)CN.Cl. The Morgan fingerprint density at radius 2 is 1.92 bits per heavy atom. The van der Waals surface area contributed by atoms with Gasteiger partial charge in [-0.2, -0.15) is 0 Å². The highest BCUT2D eigenvalue weighted by Crippen LogP contribution is 2.17. The minimum absolute atomic E-state index is 0. The molecule has 136 valence electrons. The first-order valence-electron chi connectivity index (χ1n) is 7.90. The summed E-state index contributed by atoms with van der Waals surface area (Å²) in [5.41, 5.74) is 5.67. The van der Waals surface area contributed by atoms with Crippen LogP contribution in [0.15, 0.2) is 24.3 Å². The Hall–Kier alpha value is -1.79. The summed E-state index contributed by atoms with van der Waals surface area (Å²) < 4.78 is 5.43. The van der Waals surface area contributed by atoms with Crippen molar-refractivity contribution in [2.24, 2.45) is 5.73 Å². The van der Waals surface area contributed by atoms with Crippen LogP contribution in [0.1, 0.15) is 44.0 Å². The molecule has 0 aliphatic rings. The summed E-state index contributed by atoms with van der Waals surface area (Å²) in [5, 5.41) is 5.66. The van der Waals surface area contributed by atoms with Gasteiger partial charge in [0.1, 0.15) is 5.75 Å². The quantitative estimate of drug-likeness (QED) is 0.588. The highest BCUT2D eigenvalue weighted by Gasteiger charge is 2.17. The van der Waals surface area contributed by atoms with Gasteiger partial charge in [-0.15, -0.1) is 12.4 Å². The molecule has 0 aliphatic carbocycles. The minimum Gasteiger partial charge on any atom is -0.493 e. The standard InChI is InChI=1S/C17H27N3O3.ClH/c1-4-23-14-9-6-5-8-13(14)16(22)19-11-7-10-15(21)20-17(2,3)12-18;/h5-6,8-9H,4,7,10-12,18H2,1-3H3,(H,19,22)(H,20,21);1H. The van der Waals surface area contributed by atoms with Crippen LogP contribution >= 0.6 is 12.4 Å². The summed E-state index contributed by atoms with van der Waals surface area (Å²) in [4.78, 5) is 23.9. The summed E-state index contributed by atoms with van der Waals surface area (Å²) in [6, 6.07) is 7.10. The van der Waals surface area contributed by atoms with Crippen LogP contribution in [-0.4, -0.2) is 37.0 Å². The zero-order chi connectivity index (χ0) is 17.3. The van der Waals surface area contributed by atoms with Crippen LogP contribution in [-0.2, 0) is 4.79 Å². The van der Waals surface area contributed by atoms with Gasteiger partial charge in [0.05, 0.1) is 12.2 Å². The zero-order valence-electron chi connectivity index (χ0n) is 14.6. The lowest BCUT2D eigenvalue weighted by Crippen LogP contribution is -2.48. The van der Waals surface area contributed by atoms with Crippen molar-refractivity contribution in [1.82, 2.24) is 10.6 Å². The molecule has 4 N–H and O–H groups in total. The second-order valence-electron chi connectivity index (χ2n) is 5.92. The molecule has 0 saturated heterocycles. The van der Waals surface area contributed by atoms with Crippen LogP contribution in [0.25, 0.3) is 0 Å². The van der Waals surface area contributed by atoms with Crippen LogP contribution in [0, 0.1) is 0 Å². The van der Waals surface area contributed by atoms with Crippen molar-refractivity contribution >= 4 is 24.2 Å². The molecule has 24 heavy (non-hydrogen) atoms. The number of carbonyl (C=O) groups is 2. The number of hydrogen-bond acceptors (Lipinski definition) is 4. The van der Waals surface area contributed by atoms with Crippen LogP contribution in [0.2, 0.25) is 0 Å². The van der Waals surface area contributed by atoms with Crippen molar-refractivity contribution < 1.29 is 14.3 Å². The lowest BCUT2D eigenvalue weighted by Gasteiger charge is -2.24. The lowest BCUT2D eigenvalue weighted by atomic mass is 10.1. The van der Waals surface area contributed by atoms with E-state index in [0.29, 0.717) is 43.9 Å². The highest BCUT2D eigenvalue weighted by molar-refractivity contribution is 5.96. The fraction of sp³-hybridized carbons (Fsp3) is 0.529. The van der Waals surface area contributed by atoms with Gasteiger partial charge in [0.25, 0.3) is 5.91 Å². The van der Waals surface area contributed by atoms with Crippen LogP contribution < -0.4 is 21.1 Å². The van der Waals surface area contributed by atoms with Crippen LogP contribution in [0.3, 0.4) is 0 Å². The van der Waals surface area contributed by atoms with Crippen molar-refractivity contribution in [2.45, 2.75) is 39.2 Å². The van der Waals surface area contributed by atoms with E-state index in [2.05, 4.69) is 10.6 Å². The van der Waals surface area contributed by atoms with E-state index in [9.17, 15) is 9.59 Å². The number of nitrogens with two attached hydrogens (primary N) is 1. The molecule has 1 aromatic rings. The second-order valence-corrected chi connectivity index (χ2v) is 5.92. The Morgan fingerprint density at radius 3 is 2.54 bits per heavy atom. The van der Waals surface area contributed by atoms with E-state index in [4.69, 9.17) is 10.5 Å². The molecule has 7 heteroatoms. The molecule has 6 nitrogen and oxygen atoms in total. The highest BCUT2D eigenvalue weighted by atomic mass is 35.5. The molecule has 0 atom stereocenters. The predicted octanol–water partition coefficient (Wildman–Crippen LogP) is 1.87. The average Bonchev–Trinajstić information content (AvgIpc) is 2.52. The number of rotatable bonds is 9. The lowest BCUT2D eigenvalue weighted by molar-refractivity contribution is -0.122. The first-order chi connectivity index (χ1) is 10.9. The van der Waals surface area contributed by atoms with E-state index in [1.165, 1.54) is 0 Å². The third-order valence-electron chi connectivity index (χ3n) is 3.29. The van der Waals surface area contributed by atoms with Gasteiger partial charge in [0.2, 0.25) is 5.91 Å². The third kappa shape index (κ3) is 7.66. The van der Waals surface area contributed by atoms with E-state index < -0.39 is 5.54 Å². The van der Waals surface area contributed by atoms with E-state index >= 15 is 0 Å². The van der Waals surface area contributed by atoms with Crippen molar-refractivity contribution in [3.05, 3.63) is 29.8 Å². The number of para-hydroxylation sites is 1. The van der Waals surface area contributed by atoms with Gasteiger partial charge in [-0.05, 0) is 39.3 Å². The molecule has 0 heterocycles. The molecule has 0 radical (unpaired) electrons. The summed E-state index contributed by atoms with van der Waals surface area (Å²) in [5.74, 6) is 0.302. The number of ether oxygens (including phenoxy) is 1. The summed E-state index contributed by atoms with van der Waals surface area (Å²) in [7, 11) is 0. The van der Waals surface area contributed by atoms with E-state index in [1.807, 2.05) is 26.8 Å². The molecule has 2 amide bonds. The molecule has 0 fully saturated rings. The molecular weight excluding hydrogens is 330 g/mol. The first-order valence-corrected chi connectivity index (χ1v) is 7.90. The Kier molecular flexibility index (Phi) is 10.1. The number of halogens is 1. The van der Waals surface area contributed by atoms with E-state index in [-0.39, 0.29) is 24.2 Å². The van der Waals surface area contributed by atoms with Crippen LogP contribution in [0.4, 0.5) is 0 Å². The molecule has 0 bridgehead atoms. The molecule has 0 spiro atoms. The number of nitrogens with one attached hydrogen (secondary N) is 2. The van der Waals surface area contributed by atoms with Crippen LogP contribution in [0.5, 0.6) is 5.75 Å². The normalized spacial score (nSPS) is 10.5. The predicted molar refractivity (Wildman–Crippen MR) is 97.7 cm³/mol. The molecular formula is C17H28ClN3O3. The van der Waals surface area contributed by atoms with Gasteiger partial charge < -0.3 is 21.1 Å². The summed E-state index contributed by atoms with van der Waals surface area (Å²) in [6.07, 6.45) is 0.909. The zero-order valence-corrected chi connectivity index (χ0v) is 15.4. The van der Waals surface area contributed by atoms with Crippen molar-refractivity contribution in [3.63, 3.8) is 0 Å². The van der Waals surface area contributed by atoms with E-state index in [0.717, 1.165) is 0 Å². The average molecular weight is 358 g/mol. The Labute approximate surface area is 149 Å². The van der Waals surface area contributed by atoms with Gasteiger partial charge in [0, 0.05) is 25.0 Å². The smallest absolute Gasteiger partial charge is 0.255 e. The molecule has 0 saturated carbocycles. The van der Waals surface area contributed by atoms with Gasteiger partial charge >= 0.3 is 0 Å². The second kappa shape index (κ2) is 10.9. The number of hydrogen-bond donors (Lipinski definition) is 3. The van der Waals surface area contributed by atoms with E-state index in [1.54, 1.807) is 18.2 Å². The summed E-state index contributed by atoms with van der Waals surface area (Å²) >= 11 is 0. The summed E-state index contributed by atoms with van der Waals surface area (Å²) in [6.45, 7) is 6.92. The first kappa shape index (κ1) is 22.2. The maximum Gasteiger partial charge on any atom is 0.255 e. The number of amides is 2. The number of carbonyl (C=O) groups excluding carboxylic acids is 2. The topological polar surface area (TPSA) is 93.4 Å². The molecule has 1 aromatic carbocycles. The molecule has 0 aliphatic heterocycles. The maximum atomic E-state index is 12.2. The third-order valence-corrected chi connectivity index (χ3v) is 3.29. The van der Waals surface area contributed by atoms with Crippen molar-refractivity contribution in [1.29, 1.82) is 0 Å². The molecule has 0 unspecified atom stereocenters. The Bertz CT molecular complexity index is 536. The molecule has 1 rings (SSSR count). The van der Waals surface area contributed by atoms with Crippen molar-refractivity contribution in [3.8, 4) is 5.75 Å².